The number of hydrogen-bond acceptors (Lipinski definition) is 3. The Balaban J connectivity index is 1.63. The molecule has 0 aliphatic carbocycles. The fourth-order valence-corrected chi connectivity index (χ4v) is 3.48. The number of rotatable bonds is 7. The van der Waals surface area contributed by atoms with E-state index in [0.717, 1.165) is 24.6 Å². The number of nitrogens with zero attached hydrogens (tertiary/aromatic N) is 3. The molecule has 0 spiro atoms. The van der Waals surface area contributed by atoms with Crippen LogP contribution >= 0.6 is 11.3 Å². The van der Waals surface area contributed by atoms with Crippen molar-refractivity contribution < 1.29 is 4.39 Å². The normalized spacial score (nSPS) is 12.8. The maximum atomic E-state index is 14.4. The fraction of sp³-hybridized carbons (Fsp3) is 0.300. The van der Waals surface area contributed by atoms with Crippen LogP contribution in [0.5, 0.6) is 0 Å². The lowest BCUT2D eigenvalue weighted by molar-refractivity contribution is 0.615. The summed E-state index contributed by atoms with van der Waals surface area (Å²) >= 11 is 1.76. The van der Waals surface area contributed by atoms with Gasteiger partial charge in [0.25, 0.3) is 0 Å². The minimum absolute atomic E-state index is 0.287. The van der Waals surface area contributed by atoms with Crippen LogP contribution in [0.25, 0.3) is 5.69 Å². The topological polar surface area (TPSA) is 54.2 Å². The molecule has 2 heterocycles. The molecule has 0 fully saturated rings. The average Bonchev–Trinajstić information content (AvgIpc) is 3.37. The molecule has 2 N–H and O–H groups in total. The summed E-state index contributed by atoms with van der Waals surface area (Å²) in [5.74, 6) is 0.853. The number of benzene rings is 1. The highest BCUT2D eigenvalue weighted by Gasteiger charge is 2.08. The standard InChI is InChI=1S/C20H24FN5S/c1-3-23-20(24-12-15(2)19-5-4-10-27-19)25-13-16-6-7-18(17(21)11-16)26-9-8-22-14-26/h4-11,14-15H,3,12-13H2,1-2H3,(H2,23,24,25). The lowest BCUT2D eigenvalue weighted by atomic mass is 10.1. The Kier molecular flexibility index (Phi) is 6.59. The predicted octanol–water partition coefficient (Wildman–Crippen LogP) is 3.93. The molecule has 0 radical (unpaired) electrons. The summed E-state index contributed by atoms with van der Waals surface area (Å²) in [5.41, 5.74) is 1.30. The molecule has 1 atom stereocenters. The van der Waals surface area contributed by atoms with E-state index in [9.17, 15) is 4.39 Å². The molecule has 0 aliphatic heterocycles. The second-order valence-electron chi connectivity index (χ2n) is 6.25. The third-order valence-corrected chi connectivity index (χ3v) is 5.27. The van der Waals surface area contributed by atoms with E-state index >= 15 is 0 Å². The van der Waals surface area contributed by atoms with Crippen molar-refractivity contribution in [3.05, 3.63) is 70.7 Å². The summed E-state index contributed by atoms with van der Waals surface area (Å²) < 4.78 is 16.0. The van der Waals surface area contributed by atoms with Crippen molar-refractivity contribution in [3.63, 3.8) is 0 Å². The van der Waals surface area contributed by atoms with Gasteiger partial charge in [0.05, 0.1) is 18.6 Å². The summed E-state index contributed by atoms with van der Waals surface area (Å²) in [5, 5.41) is 8.70. The van der Waals surface area contributed by atoms with Gasteiger partial charge in [0.2, 0.25) is 0 Å². The second kappa shape index (κ2) is 9.32. The molecule has 0 saturated carbocycles. The van der Waals surface area contributed by atoms with E-state index in [1.807, 2.05) is 13.0 Å². The lowest BCUT2D eigenvalue weighted by Crippen LogP contribution is -2.39. The van der Waals surface area contributed by atoms with Gasteiger partial charge >= 0.3 is 0 Å². The molecule has 0 saturated heterocycles. The first-order chi connectivity index (χ1) is 13.2. The van der Waals surface area contributed by atoms with Crippen LogP contribution in [0.4, 0.5) is 4.39 Å². The van der Waals surface area contributed by atoms with Gasteiger partial charge in [0.15, 0.2) is 5.96 Å². The fourth-order valence-electron chi connectivity index (χ4n) is 2.69. The lowest BCUT2D eigenvalue weighted by Gasteiger charge is -2.15. The van der Waals surface area contributed by atoms with Crippen LogP contribution in [0, 0.1) is 5.82 Å². The highest BCUT2D eigenvalue weighted by atomic mass is 32.1. The van der Waals surface area contributed by atoms with Crippen LogP contribution in [0.2, 0.25) is 0 Å². The molecule has 0 bridgehead atoms. The molecule has 0 amide bonds. The molecular weight excluding hydrogens is 361 g/mol. The number of aliphatic imine (C=N–C) groups is 1. The average molecular weight is 386 g/mol. The van der Waals surface area contributed by atoms with E-state index in [4.69, 9.17) is 0 Å². The molecular formula is C20H24FN5S. The van der Waals surface area contributed by atoms with E-state index in [2.05, 4.69) is 45.0 Å². The van der Waals surface area contributed by atoms with Crippen molar-refractivity contribution >= 4 is 17.3 Å². The van der Waals surface area contributed by atoms with Gasteiger partial charge in [-0.05, 0) is 36.1 Å². The van der Waals surface area contributed by atoms with Crippen molar-refractivity contribution in [3.8, 4) is 5.69 Å². The minimum atomic E-state index is -0.287. The summed E-state index contributed by atoms with van der Waals surface area (Å²) in [6.45, 7) is 6.18. The molecule has 142 valence electrons. The zero-order valence-corrected chi connectivity index (χ0v) is 16.3. The largest absolute Gasteiger partial charge is 0.357 e. The second-order valence-corrected chi connectivity index (χ2v) is 7.23. The Labute approximate surface area is 163 Å². The van der Waals surface area contributed by atoms with Crippen LogP contribution < -0.4 is 10.6 Å². The SMILES string of the molecule is CCNC(=NCc1ccc(-n2ccnc2)c(F)c1)NCC(C)c1cccs1. The number of thiophene rings is 1. The van der Waals surface area contributed by atoms with E-state index < -0.39 is 0 Å². The van der Waals surface area contributed by atoms with Crippen LogP contribution in [-0.4, -0.2) is 28.6 Å². The van der Waals surface area contributed by atoms with Crippen LogP contribution in [-0.2, 0) is 6.54 Å². The van der Waals surface area contributed by atoms with Gasteiger partial charge < -0.3 is 15.2 Å². The Bertz CT molecular complexity index is 859. The van der Waals surface area contributed by atoms with Crippen LogP contribution in [0.15, 0.2) is 59.4 Å². The van der Waals surface area contributed by atoms with Crippen molar-refractivity contribution in [1.29, 1.82) is 0 Å². The Morgan fingerprint density at radius 2 is 2.22 bits per heavy atom. The molecule has 1 aromatic carbocycles. The van der Waals surface area contributed by atoms with E-state index in [1.54, 1.807) is 40.7 Å². The van der Waals surface area contributed by atoms with Crippen LogP contribution in [0.3, 0.4) is 0 Å². The Hall–Kier alpha value is -2.67. The number of guanidine groups is 1. The molecule has 27 heavy (non-hydrogen) atoms. The van der Waals surface area contributed by atoms with E-state index in [0.29, 0.717) is 18.2 Å². The van der Waals surface area contributed by atoms with E-state index in [1.165, 1.54) is 10.9 Å². The molecule has 5 nitrogen and oxygen atoms in total. The van der Waals surface area contributed by atoms with Crippen LogP contribution in [0.1, 0.15) is 30.2 Å². The first-order valence-electron chi connectivity index (χ1n) is 8.99. The monoisotopic (exact) mass is 385 g/mol. The minimum Gasteiger partial charge on any atom is -0.357 e. The van der Waals surface area contributed by atoms with Gasteiger partial charge in [-0.2, -0.15) is 0 Å². The van der Waals surface area contributed by atoms with Crippen molar-refractivity contribution in [2.75, 3.05) is 13.1 Å². The molecule has 3 aromatic rings. The molecule has 3 rings (SSSR count). The number of nitrogens with one attached hydrogen (secondary N) is 2. The molecule has 7 heteroatoms. The molecule has 2 aromatic heterocycles. The smallest absolute Gasteiger partial charge is 0.191 e. The van der Waals surface area contributed by atoms with Gasteiger partial charge in [-0.1, -0.05) is 19.1 Å². The first kappa shape index (κ1) is 19.1. The van der Waals surface area contributed by atoms with Gasteiger partial charge in [-0.3, -0.25) is 0 Å². The molecule has 1 unspecified atom stereocenters. The van der Waals surface area contributed by atoms with Crippen molar-refractivity contribution in [2.24, 2.45) is 4.99 Å². The van der Waals surface area contributed by atoms with Gasteiger partial charge in [-0.15, -0.1) is 11.3 Å². The highest BCUT2D eigenvalue weighted by molar-refractivity contribution is 7.10. The molecule has 0 aliphatic rings. The maximum Gasteiger partial charge on any atom is 0.191 e. The summed E-state index contributed by atoms with van der Waals surface area (Å²) in [6.07, 6.45) is 4.93. The zero-order chi connectivity index (χ0) is 19.1. The predicted molar refractivity (Wildman–Crippen MR) is 109 cm³/mol. The van der Waals surface area contributed by atoms with Gasteiger partial charge in [0.1, 0.15) is 5.82 Å². The van der Waals surface area contributed by atoms with Crippen molar-refractivity contribution in [1.82, 2.24) is 20.2 Å². The van der Waals surface area contributed by atoms with Gasteiger partial charge in [0, 0.05) is 36.3 Å². The third kappa shape index (κ3) is 5.17. The maximum absolute atomic E-state index is 14.4. The van der Waals surface area contributed by atoms with Crippen molar-refractivity contribution in [2.45, 2.75) is 26.3 Å². The number of imidazole rings is 1. The number of hydrogen-bond donors (Lipinski definition) is 2. The Morgan fingerprint density at radius 1 is 1.33 bits per heavy atom. The summed E-state index contributed by atoms with van der Waals surface area (Å²) in [4.78, 5) is 9.88. The summed E-state index contributed by atoms with van der Waals surface area (Å²) in [7, 11) is 0. The van der Waals surface area contributed by atoms with Gasteiger partial charge in [-0.25, -0.2) is 14.4 Å². The number of halogens is 1. The summed E-state index contributed by atoms with van der Waals surface area (Å²) in [6, 6.07) is 9.38. The third-order valence-electron chi connectivity index (χ3n) is 4.16. The quantitative estimate of drug-likeness (QED) is 0.479. The highest BCUT2D eigenvalue weighted by Crippen LogP contribution is 2.19. The zero-order valence-electron chi connectivity index (χ0n) is 15.5. The Morgan fingerprint density at radius 3 is 2.89 bits per heavy atom. The number of aromatic nitrogens is 2. The van der Waals surface area contributed by atoms with E-state index in [-0.39, 0.29) is 5.82 Å². The first-order valence-corrected chi connectivity index (χ1v) is 9.87.